The summed E-state index contributed by atoms with van der Waals surface area (Å²) in [4.78, 5) is 16.6. The minimum Gasteiger partial charge on any atom is -0.309 e. The molecule has 0 spiro atoms. The molecule has 7 nitrogen and oxygen atoms in total. The summed E-state index contributed by atoms with van der Waals surface area (Å²) in [5.41, 5.74) is 11.9. The highest BCUT2D eigenvalue weighted by molar-refractivity contribution is 6.20. The average Bonchev–Trinajstić information content (AvgIpc) is 4.12. The lowest BCUT2D eigenvalue weighted by atomic mass is 10.0. The molecule has 0 saturated carbocycles. The molecule has 0 unspecified atom stereocenters. The van der Waals surface area contributed by atoms with Crippen LogP contribution in [0.3, 0.4) is 0 Å². The van der Waals surface area contributed by atoms with Crippen molar-refractivity contribution in [2.24, 2.45) is 0 Å². The number of hydrogen-bond acceptors (Lipinski definition) is 3. The zero-order valence-electron chi connectivity index (χ0n) is 36.5. The molecule has 316 valence electrons. The second kappa shape index (κ2) is 14.1. The van der Waals surface area contributed by atoms with Crippen LogP contribution in [-0.4, -0.2) is 33.2 Å². The molecule has 15 rings (SSSR count). The number of fused-ring (bicyclic) bond motifs is 13. The smallest absolute Gasteiger partial charge is 0.240 e. The van der Waals surface area contributed by atoms with Crippen molar-refractivity contribution < 1.29 is 0 Å². The summed E-state index contributed by atoms with van der Waals surface area (Å²) in [6.07, 6.45) is 0. The van der Waals surface area contributed by atoms with E-state index in [1.165, 1.54) is 10.8 Å². The fourth-order valence-electron chi connectivity index (χ4n) is 11.1. The quantitative estimate of drug-likeness (QED) is 0.173. The molecule has 0 amide bonds. The van der Waals surface area contributed by atoms with Gasteiger partial charge in [-0.2, -0.15) is 15.0 Å². The van der Waals surface area contributed by atoms with Gasteiger partial charge in [-0.1, -0.05) is 152 Å². The van der Waals surface area contributed by atoms with E-state index in [1.807, 2.05) is 0 Å². The molecule has 10 aromatic carbocycles. The van der Waals surface area contributed by atoms with Crippen molar-refractivity contribution in [3.8, 4) is 34.7 Å². The summed E-state index contributed by atoms with van der Waals surface area (Å²) in [7, 11) is 0. The van der Waals surface area contributed by atoms with E-state index in [2.05, 4.69) is 243 Å². The maximum absolute atomic E-state index is 5.61. The van der Waals surface area contributed by atoms with Crippen molar-refractivity contribution in [1.82, 2.24) is 33.2 Å². The minimum atomic E-state index is 0.544. The van der Waals surface area contributed by atoms with E-state index in [9.17, 15) is 0 Å². The van der Waals surface area contributed by atoms with Crippen molar-refractivity contribution in [3.05, 3.63) is 224 Å². The SMILES string of the molecule is c1ccc(-n2c3ccccc3c3cc4c(cc32)c2ccccc2n4-c2nc(-c3cccc4ccccc34)nc(-n3c4ccccc4c4cc5c(cc43)c3ccccc3n5-c3ccccc3)n2)cc1. The summed E-state index contributed by atoms with van der Waals surface area (Å²) in [5, 5.41) is 11.4. The molecule has 0 fully saturated rings. The predicted octanol–water partition coefficient (Wildman–Crippen LogP) is 15.1. The van der Waals surface area contributed by atoms with E-state index >= 15 is 0 Å². The number of rotatable bonds is 5. The highest BCUT2D eigenvalue weighted by Crippen LogP contribution is 2.42. The van der Waals surface area contributed by atoms with Gasteiger partial charge in [0, 0.05) is 60.0 Å². The Hall–Kier alpha value is -9.33. The molecular formula is C61H37N7. The van der Waals surface area contributed by atoms with Gasteiger partial charge >= 0.3 is 0 Å². The van der Waals surface area contributed by atoms with Gasteiger partial charge in [-0.25, -0.2) is 0 Å². The van der Waals surface area contributed by atoms with E-state index in [1.54, 1.807) is 0 Å². The van der Waals surface area contributed by atoms with Gasteiger partial charge in [0.1, 0.15) is 0 Å². The van der Waals surface area contributed by atoms with Crippen LogP contribution < -0.4 is 0 Å². The van der Waals surface area contributed by atoms with Crippen LogP contribution in [0.2, 0.25) is 0 Å². The Morgan fingerprint density at radius 1 is 0.235 bits per heavy atom. The van der Waals surface area contributed by atoms with Crippen LogP contribution in [0.1, 0.15) is 0 Å². The average molecular weight is 868 g/mol. The lowest BCUT2D eigenvalue weighted by Gasteiger charge is -2.14. The third-order valence-corrected chi connectivity index (χ3v) is 14.0. The first kappa shape index (κ1) is 36.9. The maximum atomic E-state index is 5.61. The highest BCUT2D eigenvalue weighted by Gasteiger charge is 2.24. The standard InChI is InChI=1S/C61H37N7/c1-3-20-39(21-4-1)65-51-30-13-9-25-42(51)47-36-57-49(34-55(47)65)44-27-11-15-32-53(44)67(57)60-62-59(46-29-17-19-38-18-7-8-24-41(38)46)63-61(64-60)68-54-33-16-12-28-45(54)50-35-56-48(37-58(50)68)43-26-10-14-31-52(43)66(56)40-22-5-2-6-23-40/h1-37H. The van der Waals surface area contributed by atoms with Gasteiger partial charge in [0.2, 0.25) is 11.9 Å². The van der Waals surface area contributed by atoms with Crippen molar-refractivity contribution in [1.29, 1.82) is 0 Å². The number of para-hydroxylation sites is 6. The third kappa shape index (κ3) is 5.21. The van der Waals surface area contributed by atoms with Crippen molar-refractivity contribution in [2.45, 2.75) is 0 Å². The molecule has 15 aromatic rings. The topological polar surface area (TPSA) is 58.4 Å². The summed E-state index contributed by atoms with van der Waals surface area (Å²) in [6.45, 7) is 0. The molecule has 0 N–H and O–H groups in total. The number of nitrogens with zero attached hydrogens (tertiary/aromatic N) is 7. The van der Waals surface area contributed by atoms with Crippen LogP contribution in [0.25, 0.3) is 133 Å². The predicted molar refractivity (Wildman–Crippen MR) is 280 cm³/mol. The van der Waals surface area contributed by atoms with Gasteiger partial charge in [0.15, 0.2) is 5.82 Å². The van der Waals surface area contributed by atoms with Crippen molar-refractivity contribution in [3.63, 3.8) is 0 Å². The summed E-state index contributed by atoms with van der Waals surface area (Å²) < 4.78 is 9.26. The molecule has 0 radical (unpaired) electrons. The molecule has 5 heterocycles. The third-order valence-electron chi connectivity index (χ3n) is 14.0. The van der Waals surface area contributed by atoms with Crippen LogP contribution in [0, 0.1) is 0 Å². The molecule has 0 bridgehead atoms. The zero-order valence-corrected chi connectivity index (χ0v) is 36.5. The molecule has 0 aliphatic heterocycles. The van der Waals surface area contributed by atoms with E-state index in [0.717, 1.165) is 104 Å². The number of aromatic nitrogens is 7. The van der Waals surface area contributed by atoms with Gasteiger partial charge in [-0.05, 0) is 83.6 Å². The van der Waals surface area contributed by atoms with Gasteiger partial charge < -0.3 is 9.13 Å². The maximum Gasteiger partial charge on any atom is 0.240 e. The Labute approximate surface area is 388 Å². The molecule has 0 saturated heterocycles. The van der Waals surface area contributed by atoms with Crippen LogP contribution in [0.4, 0.5) is 0 Å². The molecule has 0 atom stereocenters. The first-order valence-corrected chi connectivity index (χ1v) is 23.0. The van der Waals surface area contributed by atoms with Crippen molar-refractivity contribution in [2.75, 3.05) is 0 Å². The first-order chi connectivity index (χ1) is 33.7. The highest BCUT2D eigenvalue weighted by atomic mass is 15.3. The normalized spacial score (nSPS) is 12.1. The molecule has 0 aliphatic carbocycles. The number of hydrogen-bond donors (Lipinski definition) is 0. The van der Waals surface area contributed by atoms with E-state index in [-0.39, 0.29) is 0 Å². The Balaban J connectivity index is 1.07. The number of benzene rings is 10. The Morgan fingerprint density at radius 3 is 1.01 bits per heavy atom. The fourth-order valence-corrected chi connectivity index (χ4v) is 11.1. The Bertz CT molecular complexity index is 4300. The monoisotopic (exact) mass is 867 g/mol. The summed E-state index contributed by atoms with van der Waals surface area (Å²) in [5.74, 6) is 1.69. The van der Waals surface area contributed by atoms with E-state index in [0.29, 0.717) is 17.7 Å². The molecular weight excluding hydrogens is 831 g/mol. The van der Waals surface area contributed by atoms with Crippen LogP contribution in [0.5, 0.6) is 0 Å². The lowest BCUT2D eigenvalue weighted by molar-refractivity contribution is 0.894. The van der Waals surface area contributed by atoms with Crippen LogP contribution >= 0.6 is 0 Å². The summed E-state index contributed by atoms with van der Waals surface area (Å²) in [6, 6.07) is 80.2. The Kier molecular flexibility index (Phi) is 7.65. The lowest BCUT2D eigenvalue weighted by Crippen LogP contribution is -2.10. The van der Waals surface area contributed by atoms with Gasteiger partial charge in [0.05, 0.1) is 44.1 Å². The minimum absolute atomic E-state index is 0.544. The largest absolute Gasteiger partial charge is 0.309 e. The first-order valence-electron chi connectivity index (χ1n) is 23.0. The molecule has 68 heavy (non-hydrogen) atoms. The second-order valence-electron chi connectivity index (χ2n) is 17.6. The van der Waals surface area contributed by atoms with Crippen LogP contribution in [0.15, 0.2) is 224 Å². The Morgan fingerprint density at radius 2 is 0.574 bits per heavy atom. The fraction of sp³-hybridized carbons (Fsp3) is 0. The van der Waals surface area contributed by atoms with Gasteiger partial charge in [-0.3, -0.25) is 9.13 Å². The van der Waals surface area contributed by atoms with Gasteiger partial charge in [0.25, 0.3) is 0 Å². The van der Waals surface area contributed by atoms with Crippen molar-refractivity contribution >= 4 is 98.0 Å². The molecule has 7 heteroatoms. The van der Waals surface area contributed by atoms with E-state index < -0.39 is 0 Å². The molecule has 5 aromatic heterocycles. The molecule has 0 aliphatic rings. The van der Waals surface area contributed by atoms with Gasteiger partial charge in [-0.15, -0.1) is 0 Å². The van der Waals surface area contributed by atoms with Crippen LogP contribution in [-0.2, 0) is 0 Å². The van der Waals surface area contributed by atoms with E-state index in [4.69, 9.17) is 15.0 Å². The zero-order chi connectivity index (χ0) is 44.5. The summed E-state index contributed by atoms with van der Waals surface area (Å²) >= 11 is 0. The second-order valence-corrected chi connectivity index (χ2v) is 17.6.